The van der Waals surface area contributed by atoms with Crippen LogP contribution in [0.2, 0.25) is 0 Å². The highest BCUT2D eigenvalue weighted by molar-refractivity contribution is 5.98. The molecule has 5 heteroatoms. The second kappa shape index (κ2) is 6.63. The van der Waals surface area contributed by atoms with Crippen molar-refractivity contribution in [3.8, 4) is 6.07 Å². The number of hydrogen-bond acceptors (Lipinski definition) is 3. The average molecular weight is 297 g/mol. The van der Waals surface area contributed by atoms with Crippen molar-refractivity contribution in [2.24, 2.45) is 0 Å². The Labute approximate surface area is 129 Å². The van der Waals surface area contributed by atoms with Crippen LogP contribution in [0.4, 0.5) is 0 Å². The van der Waals surface area contributed by atoms with E-state index in [0.29, 0.717) is 25.2 Å². The van der Waals surface area contributed by atoms with Crippen LogP contribution < -0.4 is 0 Å². The average Bonchev–Trinajstić information content (AvgIpc) is 3.19. The summed E-state index contributed by atoms with van der Waals surface area (Å²) in [6.45, 7) is 1.75. The lowest BCUT2D eigenvalue weighted by Crippen LogP contribution is -2.38. The molecule has 1 unspecified atom stereocenters. The van der Waals surface area contributed by atoms with Gasteiger partial charge in [-0.2, -0.15) is 5.26 Å². The molecule has 2 heterocycles. The van der Waals surface area contributed by atoms with Crippen molar-refractivity contribution < 1.29 is 9.53 Å². The Balaban J connectivity index is 1.78. The highest BCUT2D eigenvalue weighted by atomic mass is 16.5. The summed E-state index contributed by atoms with van der Waals surface area (Å²) < 4.78 is 5.62. The van der Waals surface area contributed by atoms with Gasteiger partial charge in [-0.15, -0.1) is 0 Å². The summed E-state index contributed by atoms with van der Waals surface area (Å²) in [6.07, 6.45) is 2.44. The molecule has 0 radical (unpaired) electrons. The van der Waals surface area contributed by atoms with Crippen molar-refractivity contribution in [3.63, 3.8) is 0 Å². The smallest absolute Gasteiger partial charge is 0.270 e. The van der Waals surface area contributed by atoms with Crippen LogP contribution in [0.25, 0.3) is 10.9 Å². The molecule has 1 aromatic heterocycles. The number of aromatic nitrogens is 1. The zero-order chi connectivity index (χ0) is 15.4. The SMILES string of the molecule is N#CCCN(CC1CCCO1)C(=O)c1cc2ccccc2[nH]1. The topological polar surface area (TPSA) is 69.1 Å². The summed E-state index contributed by atoms with van der Waals surface area (Å²) in [4.78, 5) is 17.6. The minimum atomic E-state index is -0.0676. The standard InChI is InChI=1S/C17H19N3O2/c18-8-4-9-20(12-14-6-3-10-22-14)17(21)16-11-13-5-1-2-7-15(13)19-16/h1-2,5,7,11,14,19H,3-4,6,9-10,12H2. The summed E-state index contributed by atoms with van der Waals surface area (Å²) >= 11 is 0. The first-order valence-corrected chi connectivity index (χ1v) is 7.63. The van der Waals surface area contributed by atoms with Crippen molar-refractivity contribution in [1.29, 1.82) is 5.26 Å². The number of fused-ring (bicyclic) bond motifs is 1. The first kappa shape index (κ1) is 14.6. The largest absolute Gasteiger partial charge is 0.376 e. The third kappa shape index (κ3) is 3.12. The third-order valence-electron chi connectivity index (χ3n) is 3.99. The van der Waals surface area contributed by atoms with E-state index in [2.05, 4.69) is 11.1 Å². The molecule has 1 fully saturated rings. The van der Waals surface area contributed by atoms with E-state index >= 15 is 0 Å². The number of nitrogens with one attached hydrogen (secondary N) is 1. The maximum atomic E-state index is 12.7. The molecular formula is C17H19N3O2. The molecule has 0 saturated carbocycles. The Hall–Kier alpha value is -2.32. The van der Waals surface area contributed by atoms with E-state index in [4.69, 9.17) is 10.00 Å². The number of ether oxygens (including phenoxy) is 1. The van der Waals surface area contributed by atoms with Crippen LogP contribution in [0, 0.1) is 11.3 Å². The van der Waals surface area contributed by atoms with Gasteiger partial charge in [-0.1, -0.05) is 18.2 Å². The third-order valence-corrected chi connectivity index (χ3v) is 3.99. The van der Waals surface area contributed by atoms with Gasteiger partial charge < -0.3 is 14.6 Å². The Morgan fingerprint density at radius 3 is 3.05 bits per heavy atom. The molecule has 114 valence electrons. The van der Waals surface area contributed by atoms with Gasteiger partial charge in [0, 0.05) is 30.6 Å². The highest BCUT2D eigenvalue weighted by Crippen LogP contribution is 2.18. The Kier molecular flexibility index (Phi) is 4.40. The number of nitrogens with zero attached hydrogens (tertiary/aromatic N) is 2. The van der Waals surface area contributed by atoms with E-state index in [9.17, 15) is 4.79 Å². The fraction of sp³-hybridized carbons (Fsp3) is 0.412. The van der Waals surface area contributed by atoms with Crippen LogP contribution in [-0.2, 0) is 4.74 Å². The second-order valence-electron chi connectivity index (χ2n) is 5.56. The van der Waals surface area contributed by atoms with Crippen LogP contribution in [0.15, 0.2) is 30.3 Å². The van der Waals surface area contributed by atoms with E-state index in [0.717, 1.165) is 30.4 Å². The van der Waals surface area contributed by atoms with Crippen LogP contribution >= 0.6 is 0 Å². The maximum Gasteiger partial charge on any atom is 0.270 e. The predicted molar refractivity (Wildman–Crippen MR) is 83.4 cm³/mol. The summed E-state index contributed by atoms with van der Waals surface area (Å²) in [6, 6.07) is 11.8. The van der Waals surface area contributed by atoms with E-state index in [1.165, 1.54) is 0 Å². The fourth-order valence-corrected chi connectivity index (χ4v) is 2.85. The number of amides is 1. The number of benzene rings is 1. The predicted octanol–water partition coefficient (Wildman–Crippen LogP) is 2.70. The molecule has 0 aliphatic carbocycles. The van der Waals surface area contributed by atoms with E-state index in [1.54, 1.807) is 4.90 Å². The van der Waals surface area contributed by atoms with E-state index in [-0.39, 0.29) is 12.0 Å². The Morgan fingerprint density at radius 1 is 1.45 bits per heavy atom. The Bertz CT molecular complexity index is 662. The van der Waals surface area contributed by atoms with Gasteiger partial charge in [0.2, 0.25) is 0 Å². The van der Waals surface area contributed by atoms with Crippen LogP contribution in [0.5, 0.6) is 0 Å². The molecule has 0 spiro atoms. The van der Waals surface area contributed by atoms with Gasteiger partial charge in [0.05, 0.1) is 18.6 Å². The lowest BCUT2D eigenvalue weighted by molar-refractivity contribution is 0.0527. The van der Waals surface area contributed by atoms with Crippen LogP contribution in [0.3, 0.4) is 0 Å². The highest BCUT2D eigenvalue weighted by Gasteiger charge is 2.24. The van der Waals surface area contributed by atoms with Crippen molar-refractivity contribution in [3.05, 3.63) is 36.0 Å². The number of para-hydroxylation sites is 1. The molecule has 22 heavy (non-hydrogen) atoms. The van der Waals surface area contributed by atoms with Gasteiger partial charge in [-0.25, -0.2) is 0 Å². The zero-order valence-corrected chi connectivity index (χ0v) is 12.4. The Morgan fingerprint density at radius 2 is 2.32 bits per heavy atom. The molecular weight excluding hydrogens is 278 g/mol. The van der Waals surface area contributed by atoms with Crippen LogP contribution in [0.1, 0.15) is 29.8 Å². The first-order chi connectivity index (χ1) is 10.8. The minimum Gasteiger partial charge on any atom is -0.376 e. The molecule has 1 aliphatic rings. The maximum absolute atomic E-state index is 12.7. The number of aromatic amines is 1. The molecule has 2 aromatic rings. The normalized spacial score (nSPS) is 17.5. The molecule has 3 rings (SSSR count). The molecule has 1 aromatic carbocycles. The second-order valence-corrected chi connectivity index (χ2v) is 5.56. The number of nitriles is 1. The molecule has 1 amide bonds. The lowest BCUT2D eigenvalue weighted by Gasteiger charge is -2.24. The monoisotopic (exact) mass is 297 g/mol. The van der Waals surface area contributed by atoms with Gasteiger partial charge in [0.1, 0.15) is 5.69 Å². The van der Waals surface area contributed by atoms with E-state index < -0.39 is 0 Å². The first-order valence-electron chi connectivity index (χ1n) is 7.63. The summed E-state index contributed by atoms with van der Waals surface area (Å²) in [5.74, 6) is -0.0676. The fourth-order valence-electron chi connectivity index (χ4n) is 2.85. The van der Waals surface area contributed by atoms with Gasteiger partial charge in [-0.05, 0) is 25.0 Å². The van der Waals surface area contributed by atoms with Gasteiger partial charge in [0.25, 0.3) is 5.91 Å². The number of rotatable bonds is 5. The molecule has 1 atom stereocenters. The van der Waals surface area contributed by atoms with Crippen molar-refractivity contribution in [2.45, 2.75) is 25.4 Å². The summed E-state index contributed by atoms with van der Waals surface area (Å²) in [7, 11) is 0. The molecule has 5 nitrogen and oxygen atoms in total. The van der Waals surface area contributed by atoms with Gasteiger partial charge >= 0.3 is 0 Å². The molecule has 0 bridgehead atoms. The molecule has 1 saturated heterocycles. The van der Waals surface area contributed by atoms with Crippen molar-refractivity contribution in [1.82, 2.24) is 9.88 Å². The molecule has 1 aliphatic heterocycles. The minimum absolute atomic E-state index is 0.0676. The number of carbonyl (C=O) groups is 1. The van der Waals surface area contributed by atoms with Crippen molar-refractivity contribution >= 4 is 16.8 Å². The van der Waals surface area contributed by atoms with Gasteiger partial charge in [0.15, 0.2) is 0 Å². The number of hydrogen-bond donors (Lipinski definition) is 1. The molecule has 1 N–H and O–H groups in total. The number of carbonyl (C=O) groups excluding carboxylic acids is 1. The van der Waals surface area contributed by atoms with E-state index in [1.807, 2.05) is 30.3 Å². The quantitative estimate of drug-likeness (QED) is 0.922. The van der Waals surface area contributed by atoms with Crippen molar-refractivity contribution in [2.75, 3.05) is 19.7 Å². The summed E-state index contributed by atoms with van der Waals surface area (Å²) in [5.41, 5.74) is 1.51. The summed E-state index contributed by atoms with van der Waals surface area (Å²) in [5, 5.41) is 9.83. The van der Waals surface area contributed by atoms with Gasteiger partial charge in [-0.3, -0.25) is 4.79 Å². The zero-order valence-electron chi connectivity index (χ0n) is 12.4. The van der Waals surface area contributed by atoms with Crippen LogP contribution in [-0.4, -0.2) is 41.6 Å². The number of H-pyrrole nitrogens is 1. The lowest BCUT2D eigenvalue weighted by atomic mass is 10.2.